The van der Waals surface area contributed by atoms with Gasteiger partial charge in [-0.1, -0.05) is 0 Å². The number of carbonyl (C=O) groups excluding carboxylic acids is 3. The van der Waals surface area contributed by atoms with Crippen LogP contribution in [0, 0.1) is 0 Å². The van der Waals surface area contributed by atoms with Crippen LogP contribution in [0.15, 0.2) is 42.7 Å². The average molecular weight is 505 g/mol. The molecule has 9 nitrogen and oxygen atoms in total. The first-order valence-electron chi connectivity index (χ1n) is 11.4. The number of pyridine rings is 1. The van der Waals surface area contributed by atoms with E-state index in [1.165, 1.54) is 11.0 Å². The summed E-state index contributed by atoms with van der Waals surface area (Å²) < 4.78 is 43.1. The molecule has 192 valence electrons. The number of aromatic nitrogens is 1. The van der Waals surface area contributed by atoms with Gasteiger partial charge < -0.3 is 20.3 Å². The highest BCUT2D eigenvalue weighted by Crippen LogP contribution is 2.38. The summed E-state index contributed by atoms with van der Waals surface area (Å²) in [5, 5.41) is 5.50. The SMILES string of the molecule is CC(NC1CC1)C(=O)Nc1cc(N2C(=O)N(Cc3ccncc3)C(C)(C)C2=O)ccc1OC(F)(F)F. The smallest absolute Gasteiger partial charge is 0.404 e. The number of amides is 4. The zero-order chi connectivity index (χ0) is 26.3. The number of hydrogen-bond acceptors (Lipinski definition) is 6. The summed E-state index contributed by atoms with van der Waals surface area (Å²) in [6.07, 6.45) is -0.0474. The van der Waals surface area contributed by atoms with Crippen LogP contribution >= 0.6 is 0 Å². The first-order chi connectivity index (χ1) is 16.9. The summed E-state index contributed by atoms with van der Waals surface area (Å²) in [5.41, 5.74) is -0.790. The molecule has 36 heavy (non-hydrogen) atoms. The van der Waals surface area contributed by atoms with Crippen molar-refractivity contribution in [3.05, 3.63) is 48.3 Å². The molecule has 1 atom stereocenters. The second-order valence-electron chi connectivity index (χ2n) is 9.30. The van der Waals surface area contributed by atoms with Crippen LogP contribution in [0.4, 0.5) is 29.3 Å². The molecule has 2 heterocycles. The lowest BCUT2D eigenvalue weighted by molar-refractivity contribution is -0.274. The van der Waals surface area contributed by atoms with Crippen LogP contribution in [0.25, 0.3) is 0 Å². The van der Waals surface area contributed by atoms with E-state index in [1.54, 1.807) is 45.3 Å². The Morgan fingerprint density at radius 3 is 2.47 bits per heavy atom. The number of rotatable bonds is 8. The molecule has 0 radical (unpaired) electrons. The lowest BCUT2D eigenvalue weighted by atomic mass is 10.0. The van der Waals surface area contributed by atoms with Crippen LogP contribution in [0.5, 0.6) is 5.75 Å². The highest BCUT2D eigenvalue weighted by molar-refractivity contribution is 6.23. The molecule has 12 heteroatoms. The lowest BCUT2D eigenvalue weighted by Crippen LogP contribution is -2.43. The molecule has 1 aromatic heterocycles. The van der Waals surface area contributed by atoms with Gasteiger partial charge in [-0.15, -0.1) is 13.2 Å². The maximum atomic E-state index is 13.3. The fraction of sp³-hybridized carbons (Fsp3) is 0.417. The van der Waals surface area contributed by atoms with E-state index in [1.807, 2.05) is 0 Å². The molecule has 1 aliphatic heterocycles. The Hall–Kier alpha value is -3.67. The normalized spacial score (nSPS) is 18.4. The Labute approximate surface area is 205 Å². The molecule has 2 N–H and O–H groups in total. The maximum absolute atomic E-state index is 13.3. The number of benzene rings is 1. The Morgan fingerprint density at radius 2 is 1.86 bits per heavy atom. The third-order valence-corrected chi connectivity index (χ3v) is 6.07. The predicted octanol–water partition coefficient (Wildman–Crippen LogP) is 3.81. The zero-order valence-electron chi connectivity index (χ0n) is 19.9. The Morgan fingerprint density at radius 1 is 1.19 bits per heavy atom. The number of nitrogens with one attached hydrogen (secondary N) is 2. The van der Waals surface area contributed by atoms with Gasteiger partial charge >= 0.3 is 12.4 Å². The van der Waals surface area contributed by atoms with Gasteiger partial charge in [0.05, 0.1) is 17.4 Å². The van der Waals surface area contributed by atoms with E-state index < -0.39 is 41.5 Å². The number of imide groups is 1. The van der Waals surface area contributed by atoms with E-state index in [4.69, 9.17) is 0 Å². The fourth-order valence-corrected chi connectivity index (χ4v) is 3.89. The van der Waals surface area contributed by atoms with Crippen LogP contribution in [0.1, 0.15) is 39.2 Å². The minimum atomic E-state index is -5.01. The van der Waals surface area contributed by atoms with Crippen molar-refractivity contribution >= 4 is 29.2 Å². The van der Waals surface area contributed by atoms with E-state index in [2.05, 4.69) is 20.4 Å². The Kier molecular flexibility index (Phi) is 6.65. The van der Waals surface area contributed by atoms with E-state index in [-0.39, 0.29) is 24.0 Å². The van der Waals surface area contributed by atoms with Gasteiger partial charge in [-0.3, -0.25) is 14.6 Å². The molecule has 4 amide bonds. The van der Waals surface area contributed by atoms with Crippen molar-refractivity contribution in [2.75, 3.05) is 10.2 Å². The lowest BCUT2D eigenvalue weighted by Gasteiger charge is -2.27. The number of urea groups is 1. The highest BCUT2D eigenvalue weighted by atomic mass is 19.4. The van der Waals surface area contributed by atoms with Gasteiger partial charge in [-0.2, -0.15) is 0 Å². The van der Waals surface area contributed by atoms with E-state index in [0.717, 1.165) is 35.4 Å². The second-order valence-corrected chi connectivity index (χ2v) is 9.30. The van der Waals surface area contributed by atoms with Gasteiger partial charge in [0.15, 0.2) is 5.75 Å². The molecule has 2 fully saturated rings. The largest absolute Gasteiger partial charge is 0.573 e. The van der Waals surface area contributed by atoms with Gasteiger partial charge in [-0.25, -0.2) is 9.69 Å². The van der Waals surface area contributed by atoms with Crippen LogP contribution in [-0.4, -0.2) is 51.7 Å². The molecule has 0 spiro atoms. The number of nitrogens with zero attached hydrogens (tertiary/aromatic N) is 3. The van der Waals surface area contributed by atoms with Crippen molar-refractivity contribution in [1.29, 1.82) is 0 Å². The van der Waals surface area contributed by atoms with E-state index in [0.29, 0.717) is 0 Å². The molecule has 2 aromatic rings. The van der Waals surface area contributed by atoms with Crippen molar-refractivity contribution in [1.82, 2.24) is 15.2 Å². The molecule has 0 bridgehead atoms. The summed E-state index contributed by atoms with van der Waals surface area (Å²) in [7, 11) is 0. The van der Waals surface area contributed by atoms with Crippen LogP contribution in [-0.2, 0) is 16.1 Å². The Bertz CT molecular complexity index is 1170. The number of anilines is 2. The van der Waals surface area contributed by atoms with Crippen molar-refractivity contribution < 1.29 is 32.3 Å². The molecule has 1 saturated carbocycles. The van der Waals surface area contributed by atoms with Gasteiger partial charge in [-0.05, 0) is 69.5 Å². The van der Waals surface area contributed by atoms with Crippen LogP contribution in [0.2, 0.25) is 0 Å². The number of alkyl halides is 3. The first kappa shape index (κ1) is 25.4. The zero-order valence-corrected chi connectivity index (χ0v) is 19.9. The maximum Gasteiger partial charge on any atom is 0.573 e. The molecular weight excluding hydrogens is 479 g/mol. The number of halogens is 3. The minimum Gasteiger partial charge on any atom is -0.404 e. The summed E-state index contributed by atoms with van der Waals surface area (Å²) in [5.74, 6) is -1.80. The quantitative estimate of drug-likeness (QED) is 0.529. The van der Waals surface area contributed by atoms with Crippen molar-refractivity contribution in [2.45, 2.75) is 64.1 Å². The highest BCUT2D eigenvalue weighted by Gasteiger charge is 2.52. The monoisotopic (exact) mass is 505 g/mol. The fourth-order valence-electron chi connectivity index (χ4n) is 3.89. The minimum absolute atomic E-state index is 0.00272. The summed E-state index contributed by atoms with van der Waals surface area (Å²) in [6.45, 7) is 4.89. The third-order valence-electron chi connectivity index (χ3n) is 6.07. The summed E-state index contributed by atoms with van der Waals surface area (Å²) >= 11 is 0. The van der Waals surface area contributed by atoms with Crippen molar-refractivity contribution in [3.63, 3.8) is 0 Å². The average Bonchev–Trinajstić information content (AvgIpc) is 3.60. The molecule has 2 aliphatic rings. The van der Waals surface area contributed by atoms with Gasteiger partial charge in [0.2, 0.25) is 5.91 Å². The summed E-state index contributed by atoms with van der Waals surface area (Å²) in [4.78, 5) is 45.4. The topological polar surface area (TPSA) is 104 Å². The standard InChI is InChI=1S/C24H26F3N5O4/c1-14(29-16-4-5-16)20(33)30-18-12-17(6-7-19(18)36-24(25,26)27)32-21(34)23(2,3)31(22(32)35)13-15-8-10-28-11-9-15/h6-12,14,16,29H,4-5,13H2,1-3H3,(H,30,33). The van der Waals surface area contributed by atoms with Gasteiger partial charge in [0.1, 0.15) is 5.54 Å². The summed E-state index contributed by atoms with van der Waals surface area (Å²) in [6, 6.07) is 5.56. The van der Waals surface area contributed by atoms with Gasteiger partial charge in [0, 0.05) is 25.0 Å². The molecule has 1 saturated heterocycles. The van der Waals surface area contributed by atoms with Crippen LogP contribution in [0.3, 0.4) is 0 Å². The number of ether oxygens (including phenoxy) is 1. The molecule has 1 aliphatic carbocycles. The molecular formula is C24H26F3N5O4. The predicted molar refractivity (Wildman–Crippen MR) is 124 cm³/mol. The number of carbonyl (C=O) groups is 3. The van der Waals surface area contributed by atoms with Crippen molar-refractivity contribution in [2.24, 2.45) is 0 Å². The second kappa shape index (κ2) is 9.41. The van der Waals surface area contributed by atoms with Gasteiger partial charge in [0.25, 0.3) is 5.91 Å². The molecule has 1 unspecified atom stereocenters. The Balaban J connectivity index is 1.64. The van der Waals surface area contributed by atoms with Crippen LogP contribution < -0.4 is 20.3 Å². The van der Waals surface area contributed by atoms with E-state index in [9.17, 15) is 27.6 Å². The van der Waals surface area contributed by atoms with Crippen molar-refractivity contribution in [3.8, 4) is 5.75 Å². The molecule has 4 rings (SSSR count). The number of hydrogen-bond donors (Lipinski definition) is 2. The third kappa shape index (κ3) is 5.43. The van der Waals surface area contributed by atoms with E-state index >= 15 is 0 Å². The first-order valence-corrected chi connectivity index (χ1v) is 11.4. The molecule has 1 aromatic carbocycles.